The Bertz CT molecular complexity index is 437. The molecule has 1 saturated heterocycles. The Morgan fingerprint density at radius 1 is 1.50 bits per heavy atom. The molecule has 0 aromatic heterocycles. The SMILES string of the molecule is COc1c(O)c(F)cc(Br)c1CN1CCNCC1. The molecule has 0 amide bonds. The number of methoxy groups -OCH3 is 1. The number of rotatable bonds is 3. The largest absolute Gasteiger partial charge is 0.502 e. The number of hydrogen-bond donors (Lipinski definition) is 2. The van der Waals surface area contributed by atoms with Gasteiger partial charge in [-0.05, 0) is 6.07 Å². The van der Waals surface area contributed by atoms with Gasteiger partial charge in [-0.25, -0.2) is 4.39 Å². The second-order valence-electron chi connectivity index (χ2n) is 4.23. The molecule has 1 aliphatic heterocycles. The van der Waals surface area contributed by atoms with Gasteiger partial charge in [-0.15, -0.1) is 0 Å². The van der Waals surface area contributed by atoms with Gasteiger partial charge in [0.2, 0.25) is 0 Å². The molecule has 2 rings (SSSR count). The number of benzene rings is 1. The van der Waals surface area contributed by atoms with Crippen molar-refractivity contribution in [3.63, 3.8) is 0 Å². The van der Waals surface area contributed by atoms with Gasteiger partial charge < -0.3 is 15.2 Å². The summed E-state index contributed by atoms with van der Waals surface area (Å²) in [5, 5.41) is 13.0. The highest BCUT2D eigenvalue weighted by Crippen LogP contribution is 2.38. The molecule has 0 radical (unpaired) electrons. The predicted octanol–water partition coefficient (Wildman–Crippen LogP) is 1.71. The van der Waals surface area contributed by atoms with Gasteiger partial charge in [0.05, 0.1) is 7.11 Å². The van der Waals surface area contributed by atoms with Crippen molar-refractivity contribution in [3.05, 3.63) is 21.9 Å². The summed E-state index contributed by atoms with van der Waals surface area (Å²) in [6, 6.07) is 1.27. The number of nitrogens with zero attached hydrogens (tertiary/aromatic N) is 1. The van der Waals surface area contributed by atoms with Crippen molar-refractivity contribution in [2.24, 2.45) is 0 Å². The lowest BCUT2D eigenvalue weighted by atomic mass is 10.1. The Morgan fingerprint density at radius 3 is 2.78 bits per heavy atom. The molecule has 0 bridgehead atoms. The zero-order valence-electron chi connectivity index (χ0n) is 10.2. The van der Waals surface area contributed by atoms with Crippen LogP contribution in [0.25, 0.3) is 0 Å². The van der Waals surface area contributed by atoms with E-state index in [-0.39, 0.29) is 5.75 Å². The van der Waals surface area contributed by atoms with Crippen LogP contribution in [0.3, 0.4) is 0 Å². The molecule has 6 heteroatoms. The van der Waals surface area contributed by atoms with E-state index in [1.54, 1.807) is 0 Å². The fraction of sp³-hybridized carbons (Fsp3) is 0.500. The summed E-state index contributed by atoms with van der Waals surface area (Å²) in [4.78, 5) is 2.23. The standard InChI is InChI=1S/C12H16BrFN2O2/c1-18-12-8(7-16-4-2-15-3-5-16)9(13)6-10(14)11(12)17/h6,15,17H,2-5,7H2,1H3. The number of nitrogens with one attached hydrogen (secondary N) is 1. The zero-order chi connectivity index (χ0) is 13.1. The van der Waals surface area contributed by atoms with Crippen LogP contribution >= 0.6 is 15.9 Å². The van der Waals surface area contributed by atoms with Gasteiger partial charge in [0.1, 0.15) is 0 Å². The first-order valence-electron chi connectivity index (χ1n) is 5.80. The first-order chi connectivity index (χ1) is 8.63. The molecule has 18 heavy (non-hydrogen) atoms. The topological polar surface area (TPSA) is 44.7 Å². The first kappa shape index (κ1) is 13.6. The molecule has 1 aromatic carbocycles. The van der Waals surface area contributed by atoms with E-state index in [9.17, 15) is 9.50 Å². The Hall–Kier alpha value is -0.850. The van der Waals surface area contributed by atoms with E-state index >= 15 is 0 Å². The van der Waals surface area contributed by atoms with Crippen molar-refractivity contribution >= 4 is 15.9 Å². The Balaban J connectivity index is 2.28. The van der Waals surface area contributed by atoms with E-state index in [0.717, 1.165) is 31.7 Å². The minimum Gasteiger partial charge on any atom is -0.502 e. The highest BCUT2D eigenvalue weighted by Gasteiger charge is 2.20. The maximum absolute atomic E-state index is 13.4. The number of halogens is 2. The summed E-state index contributed by atoms with van der Waals surface area (Å²) >= 11 is 3.33. The minimum atomic E-state index is -0.678. The van der Waals surface area contributed by atoms with E-state index in [0.29, 0.717) is 11.0 Å². The van der Waals surface area contributed by atoms with Gasteiger partial charge in [-0.1, -0.05) is 15.9 Å². The van der Waals surface area contributed by atoms with Crippen molar-refractivity contribution in [3.8, 4) is 11.5 Å². The van der Waals surface area contributed by atoms with Crippen LogP contribution in [0.2, 0.25) is 0 Å². The quantitative estimate of drug-likeness (QED) is 0.890. The van der Waals surface area contributed by atoms with Gasteiger partial charge in [-0.3, -0.25) is 4.90 Å². The molecule has 1 aliphatic rings. The summed E-state index contributed by atoms with van der Waals surface area (Å²) in [7, 11) is 1.43. The molecular formula is C12H16BrFN2O2. The molecule has 1 fully saturated rings. The summed E-state index contributed by atoms with van der Waals surface area (Å²) < 4.78 is 19.1. The van der Waals surface area contributed by atoms with Gasteiger partial charge in [0, 0.05) is 42.8 Å². The van der Waals surface area contributed by atoms with Crippen LogP contribution in [-0.2, 0) is 6.54 Å². The summed E-state index contributed by atoms with van der Waals surface area (Å²) in [6.45, 7) is 4.35. The predicted molar refractivity (Wildman–Crippen MR) is 70.5 cm³/mol. The lowest BCUT2D eigenvalue weighted by Crippen LogP contribution is -2.43. The van der Waals surface area contributed by atoms with Gasteiger partial charge >= 0.3 is 0 Å². The van der Waals surface area contributed by atoms with Gasteiger partial charge in [0.15, 0.2) is 17.3 Å². The zero-order valence-corrected chi connectivity index (χ0v) is 11.8. The maximum atomic E-state index is 13.4. The average molecular weight is 319 g/mol. The number of aromatic hydroxyl groups is 1. The molecule has 0 unspecified atom stereocenters. The molecule has 1 heterocycles. The third-order valence-corrected chi connectivity index (χ3v) is 3.76. The normalized spacial score (nSPS) is 16.8. The van der Waals surface area contributed by atoms with Gasteiger partial charge in [-0.2, -0.15) is 0 Å². The van der Waals surface area contributed by atoms with Crippen molar-refractivity contribution in [1.82, 2.24) is 10.2 Å². The maximum Gasteiger partial charge on any atom is 0.194 e. The lowest BCUT2D eigenvalue weighted by Gasteiger charge is -2.28. The third-order valence-electron chi connectivity index (χ3n) is 3.05. The van der Waals surface area contributed by atoms with Crippen molar-refractivity contribution in [2.45, 2.75) is 6.54 Å². The van der Waals surface area contributed by atoms with Crippen LogP contribution in [0, 0.1) is 5.82 Å². The highest BCUT2D eigenvalue weighted by molar-refractivity contribution is 9.10. The number of phenolic OH excluding ortho intramolecular Hbond substituents is 1. The Labute approximate surface area is 114 Å². The Kier molecular flexibility index (Phi) is 4.42. The third kappa shape index (κ3) is 2.76. The minimum absolute atomic E-state index is 0.209. The number of piperazine rings is 1. The monoisotopic (exact) mass is 318 g/mol. The number of hydrogen-bond acceptors (Lipinski definition) is 4. The number of ether oxygens (including phenoxy) is 1. The van der Waals surface area contributed by atoms with E-state index in [4.69, 9.17) is 4.74 Å². The molecule has 1 aromatic rings. The molecule has 2 N–H and O–H groups in total. The lowest BCUT2D eigenvalue weighted by molar-refractivity contribution is 0.228. The van der Waals surface area contributed by atoms with Crippen molar-refractivity contribution in [1.29, 1.82) is 0 Å². The molecule has 0 aliphatic carbocycles. The van der Waals surface area contributed by atoms with E-state index in [1.807, 2.05) is 0 Å². The van der Waals surface area contributed by atoms with Crippen molar-refractivity contribution < 1.29 is 14.2 Å². The van der Waals surface area contributed by atoms with Gasteiger partial charge in [0.25, 0.3) is 0 Å². The van der Waals surface area contributed by atoms with E-state index in [1.165, 1.54) is 13.2 Å². The van der Waals surface area contributed by atoms with E-state index < -0.39 is 11.6 Å². The summed E-state index contributed by atoms with van der Waals surface area (Å²) in [6.07, 6.45) is 0. The molecule has 0 atom stereocenters. The Morgan fingerprint density at radius 2 is 2.17 bits per heavy atom. The van der Waals surface area contributed by atoms with Crippen LogP contribution in [0.1, 0.15) is 5.56 Å². The second-order valence-corrected chi connectivity index (χ2v) is 5.08. The molecular weight excluding hydrogens is 303 g/mol. The molecule has 0 saturated carbocycles. The molecule has 0 spiro atoms. The van der Waals surface area contributed by atoms with E-state index in [2.05, 4.69) is 26.1 Å². The smallest absolute Gasteiger partial charge is 0.194 e. The van der Waals surface area contributed by atoms with Crippen LogP contribution in [0.4, 0.5) is 4.39 Å². The summed E-state index contributed by atoms with van der Waals surface area (Å²) in [5.41, 5.74) is 0.776. The second kappa shape index (κ2) is 5.86. The average Bonchev–Trinajstić information content (AvgIpc) is 2.37. The van der Waals surface area contributed by atoms with Crippen LogP contribution in [-0.4, -0.2) is 43.3 Å². The first-order valence-corrected chi connectivity index (χ1v) is 6.59. The van der Waals surface area contributed by atoms with Crippen LogP contribution in [0.5, 0.6) is 11.5 Å². The van der Waals surface area contributed by atoms with Crippen LogP contribution in [0.15, 0.2) is 10.5 Å². The van der Waals surface area contributed by atoms with Crippen molar-refractivity contribution in [2.75, 3.05) is 33.3 Å². The summed E-state index contributed by atoms with van der Waals surface area (Å²) in [5.74, 6) is -0.894. The number of phenols is 1. The molecule has 4 nitrogen and oxygen atoms in total. The fourth-order valence-corrected chi connectivity index (χ4v) is 2.59. The van der Waals surface area contributed by atoms with Crippen LogP contribution < -0.4 is 10.1 Å². The highest BCUT2D eigenvalue weighted by atomic mass is 79.9. The molecule has 100 valence electrons. The fourth-order valence-electron chi connectivity index (χ4n) is 2.09.